The van der Waals surface area contributed by atoms with Gasteiger partial charge in [0.1, 0.15) is 18.1 Å². The summed E-state index contributed by atoms with van der Waals surface area (Å²) in [7, 11) is 1.70. The molecule has 3 rings (SSSR count). The first-order chi connectivity index (χ1) is 12.7. The highest BCUT2D eigenvalue weighted by Gasteiger charge is 2.02. The van der Waals surface area contributed by atoms with E-state index in [9.17, 15) is 0 Å². The number of methoxy groups -OCH3 is 1. The Labute approximate surface area is 155 Å². The molecular formula is C23H25NO2. The minimum atomic E-state index is 0.583. The van der Waals surface area contributed by atoms with Crippen LogP contribution < -0.4 is 14.8 Å². The summed E-state index contributed by atoms with van der Waals surface area (Å²) in [5.74, 6) is 1.80. The predicted octanol–water partition coefficient (Wildman–Crippen LogP) is 4.87. The predicted molar refractivity (Wildman–Crippen MR) is 105 cm³/mol. The molecular weight excluding hydrogens is 322 g/mol. The van der Waals surface area contributed by atoms with Gasteiger partial charge >= 0.3 is 0 Å². The molecule has 0 fully saturated rings. The fourth-order valence-corrected chi connectivity index (χ4v) is 2.90. The van der Waals surface area contributed by atoms with E-state index >= 15 is 0 Å². The van der Waals surface area contributed by atoms with Crippen LogP contribution in [0, 0.1) is 6.92 Å². The Morgan fingerprint density at radius 1 is 0.808 bits per heavy atom. The van der Waals surface area contributed by atoms with Gasteiger partial charge in [-0.15, -0.1) is 0 Å². The molecule has 3 nitrogen and oxygen atoms in total. The van der Waals surface area contributed by atoms with Crippen LogP contribution in [0.1, 0.15) is 22.3 Å². The molecule has 134 valence electrons. The first-order valence-electron chi connectivity index (χ1n) is 8.84. The molecule has 0 bridgehead atoms. The van der Waals surface area contributed by atoms with Crippen LogP contribution in [-0.2, 0) is 19.7 Å². The van der Waals surface area contributed by atoms with Crippen molar-refractivity contribution in [2.24, 2.45) is 0 Å². The summed E-state index contributed by atoms with van der Waals surface area (Å²) in [6.45, 7) is 4.22. The average molecular weight is 347 g/mol. The fourth-order valence-electron chi connectivity index (χ4n) is 2.90. The van der Waals surface area contributed by atoms with Gasteiger partial charge in [0.15, 0.2) is 0 Å². The van der Waals surface area contributed by atoms with Crippen LogP contribution in [0.15, 0.2) is 72.8 Å². The van der Waals surface area contributed by atoms with Crippen LogP contribution in [0.4, 0.5) is 0 Å². The molecule has 0 aliphatic heterocycles. The maximum Gasteiger partial charge on any atom is 0.123 e. The van der Waals surface area contributed by atoms with Crippen molar-refractivity contribution in [2.45, 2.75) is 26.6 Å². The van der Waals surface area contributed by atoms with Crippen molar-refractivity contribution < 1.29 is 9.47 Å². The van der Waals surface area contributed by atoms with E-state index in [4.69, 9.17) is 9.47 Å². The van der Waals surface area contributed by atoms with Gasteiger partial charge in [-0.1, -0.05) is 60.2 Å². The minimum Gasteiger partial charge on any atom is -0.496 e. The van der Waals surface area contributed by atoms with Gasteiger partial charge in [0.05, 0.1) is 7.11 Å². The van der Waals surface area contributed by atoms with Crippen molar-refractivity contribution in [1.82, 2.24) is 5.32 Å². The van der Waals surface area contributed by atoms with Crippen LogP contribution in [0.3, 0.4) is 0 Å². The van der Waals surface area contributed by atoms with Gasteiger partial charge in [-0.05, 0) is 36.2 Å². The summed E-state index contributed by atoms with van der Waals surface area (Å²) in [5.41, 5.74) is 4.79. The Bertz CT molecular complexity index is 845. The lowest BCUT2D eigenvalue weighted by Gasteiger charge is -2.11. The smallest absolute Gasteiger partial charge is 0.123 e. The second-order valence-electron chi connectivity index (χ2n) is 6.34. The zero-order valence-corrected chi connectivity index (χ0v) is 15.4. The second-order valence-corrected chi connectivity index (χ2v) is 6.34. The van der Waals surface area contributed by atoms with Crippen LogP contribution in [0.25, 0.3) is 0 Å². The first kappa shape index (κ1) is 18.0. The summed E-state index contributed by atoms with van der Waals surface area (Å²) < 4.78 is 11.3. The largest absolute Gasteiger partial charge is 0.496 e. The van der Waals surface area contributed by atoms with Crippen molar-refractivity contribution >= 4 is 0 Å². The van der Waals surface area contributed by atoms with Crippen LogP contribution in [-0.4, -0.2) is 7.11 Å². The van der Waals surface area contributed by atoms with E-state index in [1.165, 1.54) is 16.7 Å². The molecule has 0 saturated carbocycles. The molecule has 0 spiro atoms. The zero-order valence-electron chi connectivity index (χ0n) is 15.4. The highest BCUT2D eigenvalue weighted by Crippen LogP contribution is 2.18. The summed E-state index contributed by atoms with van der Waals surface area (Å²) in [5, 5.41) is 3.47. The van der Waals surface area contributed by atoms with Crippen LogP contribution in [0.2, 0.25) is 0 Å². The topological polar surface area (TPSA) is 30.5 Å². The molecule has 0 aliphatic rings. The number of aryl methyl sites for hydroxylation is 1. The zero-order chi connectivity index (χ0) is 18.2. The van der Waals surface area contributed by atoms with Gasteiger partial charge in [0, 0.05) is 18.7 Å². The molecule has 1 N–H and O–H groups in total. The van der Waals surface area contributed by atoms with Gasteiger partial charge in [-0.3, -0.25) is 0 Å². The van der Waals surface area contributed by atoms with Gasteiger partial charge in [0.25, 0.3) is 0 Å². The normalized spacial score (nSPS) is 10.5. The van der Waals surface area contributed by atoms with E-state index in [-0.39, 0.29) is 0 Å². The van der Waals surface area contributed by atoms with E-state index in [1.54, 1.807) is 7.11 Å². The summed E-state index contributed by atoms with van der Waals surface area (Å²) in [6.07, 6.45) is 0. The van der Waals surface area contributed by atoms with Crippen molar-refractivity contribution in [1.29, 1.82) is 0 Å². The van der Waals surface area contributed by atoms with Gasteiger partial charge in [0.2, 0.25) is 0 Å². The van der Waals surface area contributed by atoms with Crippen LogP contribution >= 0.6 is 0 Å². The SMILES string of the molecule is COc1ccccc1CNCc1cccc(OCc2cccc(C)c2)c1. The molecule has 3 aromatic rings. The molecule has 0 radical (unpaired) electrons. The molecule has 0 atom stereocenters. The Kier molecular flexibility index (Phi) is 6.29. The molecule has 0 aliphatic carbocycles. The number of ether oxygens (including phenoxy) is 2. The molecule has 0 aromatic heterocycles. The van der Waals surface area contributed by atoms with E-state index in [2.05, 4.69) is 54.7 Å². The third-order valence-electron chi connectivity index (χ3n) is 4.22. The lowest BCUT2D eigenvalue weighted by molar-refractivity contribution is 0.306. The van der Waals surface area contributed by atoms with Gasteiger partial charge in [-0.25, -0.2) is 0 Å². The maximum absolute atomic E-state index is 5.94. The van der Waals surface area contributed by atoms with E-state index in [0.717, 1.165) is 30.2 Å². The molecule has 3 heteroatoms. The minimum absolute atomic E-state index is 0.583. The van der Waals surface area contributed by atoms with Crippen LogP contribution in [0.5, 0.6) is 11.5 Å². The maximum atomic E-state index is 5.94. The lowest BCUT2D eigenvalue weighted by atomic mass is 10.1. The number of hydrogen-bond donors (Lipinski definition) is 1. The average Bonchev–Trinajstić information content (AvgIpc) is 2.67. The Morgan fingerprint density at radius 2 is 1.62 bits per heavy atom. The standard InChI is InChI=1S/C23H25NO2/c1-18-7-5-9-20(13-18)17-26-22-11-6-8-19(14-22)15-24-16-21-10-3-4-12-23(21)25-2/h3-14,24H,15-17H2,1-2H3. The molecule has 26 heavy (non-hydrogen) atoms. The first-order valence-corrected chi connectivity index (χ1v) is 8.84. The monoisotopic (exact) mass is 347 g/mol. The number of nitrogens with one attached hydrogen (secondary N) is 1. The lowest BCUT2D eigenvalue weighted by Crippen LogP contribution is -2.13. The van der Waals surface area contributed by atoms with Crippen molar-refractivity contribution in [3.8, 4) is 11.5 Å². The molecule has 0 amide bonds. The number of rotatable bonds is 8. The third-order valence-corrected chi connectivity index (χ3v) is 4.22. The Morgan fingerprint density at radius 3 is 2.46 bits per heavy atom. The number of para-hydroxylation sites is 1. The van der Waals surface area contributed by atoms with Crippen molar-refractivity contribution in [3.05, 3.63) is 95.1 Å². The Hall–Kier alpha value is -2.78. The molecule has 0 heterocycles. The second kappa shape index (κ2) is 9.07. The summed E-state index contributed by atoms with van der Waals surface area (Å²) >= 11 is 0. The Balaban J connectivity index is 1.54. The van der Waals surface area contributed by atoms with Gasteiger partial charge in [-0.2, -0.15) is 0 Å². The van der Waals surface area contributed by atoms with E-state index < -0.39 is 0 Å². The van der Waals surface area contributed by atoms with Crippen molar-refractivity contribution in [2.75, 3.05) is 7.11 Å². The van der Waals surface area contributed by atoms with Gasteiger partial charge < -0.3 is 14.8 Å². The van der Waals surface area contributed by atoms with E-state index in [0.29, 0.717) is 6.61 Å². The molecule has 0 saturated heterocycles. The quantitative estimate of drug-likeness (QED) is 0.630. The summed E-state index contributed by atoms with van der Waals surface area (Å²) in [4.78, 5) is 0. The third kappa shape index (κ3) is 5.11. The van der Waals surface area contributed by atoms with E-state index in [1.807, 2.05) is 30.3 Å². The number of hydrogen-bond acceptors (Lipinski definition) is 3. The number of benzene rings is 3. The highest BCUT2D eigenvalue weighted by molar-refractivity contribution is 5.33. The molecule has 0 unspecified atom stereocenters. The highest BCUT2D eigenvalue weighted by atomic mass is 16.5. The fraction of sp³-hybridized carbons (Fsp3) is 0.217. The van der Waals surface area contributed by atoms with Crippen molar-refractivity contribution in [3.63, 3.8) is 0 Å². The molecule has 3 aromatic carbocycles. The summed E-state index contributed by atoms with van der Waals surface area (Å²) in [6, 6.07) is 24.7.